The van der Waals surface area contributed by atoms with Crippen molar-refractivity contribution in [2.45, 2.75) is 18.4 Å². The molecule has 0 bridgehead atoms. The van der Waals surface area contributed by atoms with Gasteiger partial charge in [0.05, 0.1) is 24.7 Å². The molecule has 0 aliphatic carbocycles. The molecule has 2 fully saturated rings. The average Bonchev–Trinajstić information content (AvgIpc) is 2.31. The molecule has 16 heavy (non-hydrogen) atoms. The SMILES string of the molecule is NCC1(N2CCOCC2)CCS(=O)(=O)CC1. The van der Waals surface area contributed by atoms with Crippen molar-refractivity contribution in [3.05, 3.63) is 0 Å². The van der Waals surface area contributed by atoms with E-state index in [1.807, 2.05) is 0 Å². The molecule has 2 rings (SSSR count). The number of rotatable bonds is 2. The third-order valence-corrected chi connectivity index (χ3v) is 5.47. The Morgan fingerprint density at radius 2 is 1.75 bits per heavy atom. The van der Waals surface area contributed by atoms with E-state index in [0.717, 1.165) is 26.3 Å². The number of ether oxygens (including phenoxy) is 1. The fourth-order valence-electron chi connectivity index (χ4n) is 2.61. The first kappa shape index (κ1) is 12.3. The third-order valence-electron chi connectivity index (χ3n) is 3.82. The van der Waals surface area contributed by atoms with Crippen molar-refractivity contribution in [1.82, 2.24) is 4.90 Å². The van der Waals surface area contributed by atoms with Crippen LogP contribution in [0.4, 0.5) is 0 Å². The van der Waals surface area contributed by atoms with Crippen LogP contribution in [0.2, 0.25) is 0 Å². The highest BCUT2D eigenvalue weighted by Crippen LogP contribution is 2.29. The molecule has 0 spiro atoms. The van der Waals surface area contributed by atoms with Gasteiger partial charge in [-0.15, -0.1) is 0 Å². The van der Waals surface area contributed by atoms with Gasteiger partial charge in [0.1, 0.15) is 9.84 Å². The van der Waals surface area contributed by atoms with E-state index in [2.05, 4.69) is 4.90 Å². The standard InChI is InChI=1S/C10H20N2O3S/c11-9-10(12-3-5-15-6-4-12)1-7-16(13,14)8-2-10/h1-9,11H2. The number of hydrogen-bond acceptors (Lipinski definition) is 5. The van der Waals surface area contributed by atoms with Crippen molar-refractivity contribution in [3.63, 3.8) is 0 Å². The summed E-state index contributed by atoms with van der Waals surface area (Å²) in [5, 5.41) is 0. The highest BCUT2D eigenvalue weighted by molar-refractivity contribution is 7.91. The van der Waals surface area contributed by atoms with Gasteiger partial charge < -0.3 is 10.5 Å². The van der Waals surface area contributed by atoms with E-state index >= 15 is 0 Å². The lowest BCUT2D eigenvalue weighted by Crippen LogP contribution is -2.60. The molecule has 0 saturated carbocycles. The fraction of sp³-hybridized carbons (Fsp3) is 1.00. The highest BCUT2D eigenvalue weighted by Gasteiger charge is 2.41. The van der Waals surface area contributed by atoms with Gasteiger partial charge >= 0.3 is 0 Å². The molecule has 6 heteroatoms. The van der Waals surface area contributed by atoms with Crippen molar-refractivity contribution >= 4 is 9.84 Å². The van der Waals surface area contributed by atoms with Crippen molar-refractivity contribution in [2.24, 2.45) is 5.73 Å². The predicted molar refractivity (Wildman–Crippen MR) is 62.1 cm³/mol. The molecule has 0 aromatic carbocycles. The Morgan fingerprint density at radius 3 is 2.25 bits per heavy atom. The number of nitrogens with zero attached hydrogens (tertiary/aromatic N) is 1. The van der Waals surface area contributed by atoms with E-state index in [-0.39, 0.29) is 17.0 Å². The van der Waals surface area contributed by atoms with Crippen LogP contribution in [0.15, 0.2) is 0 Å². The molecule has 2 saturated heterocycles. The quantitative estimate of drug-likeness (QED) is 0.694. The molecule has 94 valence electrons. The van der Waals surface area contributed by atoms with Crippen LogP contribution in [0.5, 0.6) is 0 Å². The second-order valence-electron chi connectivity index (χ2n) is 4.68. The minimum Gasteiger partial charge on any atom is -0.379 e. The van der Waals surface area contributed by atoms with Crippen LogP contribution in [-0.4, -0.2) is 63.2 Å². The third kappa shape index (κ3) is 2.40. The number of morpholine rings is 1. The Morgan fingerprint density at radius 1 is 1.19 bits per heavy atom. The first-order chi connectivity index (χ1) is 7.58. The smallest absolute Gasteiger partial charge is 0.150 e. The van der Waals surface area contributed by atoms with E-state index in [1.165, 1.54) is 0 Å². The van der Waals surface area contributed by atoms with E-state index in [1.54, 1.807) is 0 Å². The molecule has 0 atom stereocenters. The van der Waals surface area contributed by atoms with Crippen LogP contribution in [0, 0.1) is 0 Å². The second kappa shape index (κ2) is 4.60. The van der Waals surface area contributed by atoms with Crippen LogP contribution in [0.1, 0.15) is 12.8 Å². The lowest BCUT2D eigenvalue weighted by Gasteiger charge is -2.47. The summed E-state index contributed by atoms with van der Waals surface area (Å²) in [5.41, 5.74) is 5.78. The monoisotopic (exact) mass is 248 g/mol. The maximum absolute atomic E-state index is 11.5. The first-order valence-corrected chi connectivity index (χ1v) is 7.63. The first-order valence-electron chi connectivity index (χ1n) is 5.81. The van der Waals surface area contributed by atoms with Crippen LogP contribution in [0.3, 0.4) is 0 Å². The van der Waals surface area contributed by atoms with Crippen LogP contribution < -0.4 is 5.73 Å². The Labute approximate surface area is 96.9 Å². The van der Waals surface area contributed by atoms with Gasteiger partial charge in [-0.1, -0.05) is 0 Å². The van der Waals surface area contributed by atoms with E-state index in [0.29, 0.717) is 19.4 Å². The predicted octanol–water partition coefficient (Wildman–Crippen LogP) is -0.775. The summed E-state index contributed by atoms with van der Waals surface area (Å²) in [4.78, 5) is 2.32. The second-order valence-corrected chi connectivity index (χ2v) is 6.98. The molecule has 0 radical (unpaired) electrons. The number of hydrogen-bond donors (Lipinski definition) is 1. The topological polar surface area (TPSA) is 72.6 Å². The summed E-state index contributed by atoms with van der Waals surface area (Å²) in [6.07, 6.45) is 1.34. The molecule has 0 amide bonds. The van der Waals surface area contributed by atoms with Gasteiger partial charge in [-0.3, -0.25) is 4.90 Å². The molecular weight excluding hydrogens is 228 g/mol. The molecule has 2 aliphatic heterocycles. The van der Waals surface area contributed by atoms with Crippen molar-refractivity contribution in [1.29, 1.82) is 0 Å². The minimum absolute atomic E-state index is 0.102. The van der Waals surface area contributed by atoms with Gasteiger partial charge in [-0.25, -0.2) is 8.42 Å². The Bertz CT molecular complexity index is 322. The molecule has 0 aromatic rings. The van der Waals surface area contributed by atoms with Crippen molar-refractivity contribution in [3.8, 4) is 0 Å². The summed E-state index contributed by atoms with van der Waals surface area (Å²) >= 11 is 0. The van der Waals surface area contributed by atoms with Gasteiger partial charge in [-0.05, 0) is 12.8 Å². The molecule has 0 unspecified atom stereocenters. The van der Waals surface area contributed by atoms with Crippen LogP contribution in [-0.2, 0) is 14.6 Å². The van der Waals surface area contributed by atoms with E-state index in [4.69, 9.17) is 10.5 Å². The molecular formula is C10H20N2O3S. The summed E-state index contributed by atoms with van der Waals surface area (Å²) in [6, 6.07) is 0. The minimum atomic E-state index is -2.82. The molecule has 5 nitrogen and oxygen atoms in total. The fourth-order valence-corrected chi connectivity index (χ4v) is 4.19. The molecule has 0 aromatic heterocycles. The van der Waals surface area contributed by atoms with Gasteiger partial charge in [-0.2, -0.15) is 0 Å². The van der Waals surface area contributed by atoms with Crippen LogP contribution >= 0.6 is 0 Å². The van der Waals surface area contributed by atoms with E-state index in [9.17, 15) is 8.42 Å². The van der Waals surface area contributed by atoms with Gasteiger partial charge in [0.25, 0.3) is 0 Å². The maximum atomic E-state index is 11.5. The van der Waals surface area contributed by atoms with Crippen molar-refractivity contribution < 1.29 is 13.2 Å². The zero-order chi connectivity index (χ0) is 11.6. The van der Waals surface area contributed by atoms with Gasteiger partial charge in [0.15, 0.2) is 0 Å². The Balaban J connectivity index is 2.08. The molecule has 2 heterocycles. The largest absolute Gasteiger partial charge is 0.379 e. The van der Waals surface area contributed by atoms with Gasteiger partial charge in [0.2, 0.25) is 0 Å². The zero-order valence-corrected chi connectivity index (χ0v) is 10.3. The van der Waals surface area contributed by atoms with E-state index < -0.39 is 9.84 Å². The zero-order valence-electron chi connectivity index (χ0n) is 9.52. The summed E-state index contributed by atoms with van der Waals surface area (Å²) in [7, 11) is -2.82. The normalized spacial score (nSPS) is 30.1. The number of nitrogens with two attached hydrogens (primary N) is 1. The lowest BCUT2D eigenvalue weighted by molar-refractivity contribution is -0.0235. The van der Waals surface area contributed by atoms with Gasteiger partial charge in [0, 0.05) is 25.2 Å². The molecule has 2 aliphatic rings. The lowest BCUT2D eigenvalue weighted by atomic mass is 9.89. The summed E-state index contributed by atoms with van der Waals surface area (Å²) in [6.45, 7) is 3.75. The number of sulfone groups is 1. The maximum Gasteiger partial charge on any atom is 0.150 e. The summed E-state index contributed by atoms with van der Waals surface area (Å²) < 4.78 is 28.2. The van der Waals surface area contributed by atoms with Crippen molar-refractivity contribution in [2.75, 3.05) is 44.4 Å². The molecule has 2 N–H and O–H groups in total. The van der Waals surface area contributed by atoms with Crippen LogP contribution in [0.25, 0.3) is 0 Å². The Hall–Kier alpha value is -0.170. The average molecular weight is 248 g/mol. The highest BCUT2D eigenvalue weighted by atomic mass is 32.2. The Kier molecular flexibility index (Phi) is 3.53. The summed E-state index contributed by atoms with van der Waals surface area (Å²) in [5.74, 6) is 0.559.